The van der Waals surface area contributed by atoms with Crippen molar-refractivity contribution in [2.24, 2.45) is 17.1 Å². The summed E-state index contributed by atoms with van der Waals surface area (Å²) in [6.07, 6.45) is 1.81. The summed E-state index contributed by atoms with van der Waals surface area (Å²) in [5, 5.41) is 0. The molecule has 2 fully saturated rings. The molecule has 2 aliphatic rings. The summed E-state index contributed by atoms with van der Waals surface area (Å²) in [6, 6.07) is 7.53. The molecule has 1 aromatic carbocycles. The maximum Gasteiger partial charge on any atom is 0.228 e. The van der Waals surface area contributed by atoms with Crippen LogP contribution in [0.5, 0.6) is 5.75 Å². The number of hydrogen-bond donors (Lipinski definition) is 1. The Bertz CT molecular complexity index is 701. The van der Waals surface area contributed by atoms with Crippen LogP contribution >= 0.6 is 0 Å². The van der Waals surface area contributed by atoms with E-state index in [-0.39, 0.29) is 35.2 Å². The molecular formula is C21H31N3O3. The molecule has 148 valence electrons. The Balaban J connectivity index is 1.86. The summed E-state index contributed by atoms with van der Waals surface area (Å²) < 4.78 is 5.24. The first-order chi connectivity index (χ1) is 12.7. The van der Waals surface area contributed by atoms with Crippen LogP contribution in [-0.2, 0) is 9.59 Å². The van der Waals surface area contributed by atoms with Crippen molar-refractivity contribution in [3.63, 3.8) is 0 Å². The second kappa shape index (κ2) is 7.50. The van der Waals surface area contributed by atoms with E-state index in [2.05, 4.69) is 13.8 Å². The van der Waals surface area contributed by atoms with E-state index >= 15 is 0 Å². The lowest BCUT2D eigenvalue weighted by Gasteiger charge is -2.46. The Hall–Kier alpha value is -2.08. The average molecular weight is 373 g/mol. The molecule has 3 rings (SSSR count). The van der Waals surface area contributed by atoms with E-state index < -0.39 is 0 Å². The van der Waals surface area contributed by atoms with Crippen molar-refractivity contribution in [1.82, 2.24) is 9.80 Å². The van der Waals surface area contributed by atoms with Gasteiger partial charge in [0.05, 0.1) is 19.1 Å². The number of amides is 2. The Morgan fingerprint density at radius 3 is 2.48 bits per heavy atom. The minimum absolute atomic E-state index is 0.0841. The molecule has 6 nitrogen and oxygen atoms in total. The second-order valence-corrected chi connectivity index (χ2v) is 8.51. The third kappa shape index (κ3) is 3.81. The number of rotatable bonds is 3. The van der Waals surface area contributed by atoms with Gasteiger partial charge in [-0.15, -0.1) is 0 Å². The van der Waals surface area contributed by atoms with E-state index in [0.717, 1.165) is 17.7 Å². The number of carbonyl (C=O) groups is 2. The zero-order valence-electron chi connectivity index (χ0n) is 16.8. The van der Waals surface area contributed by atoms with Crippen LogP contribution in [0.2, 0.25) is 0 Å². The van der Waals surface area contributed by atoms with E-state index in [1.165, 1.54) is 0 Å². The Morgan fingerprint density at radius 1 is 1.22 bits per heavy atom. The molecule has 3 unspecified atom stereocenters. The molecule has 0 bridgehead atoms. The SMILES string of the molecule is COc1ccc(C2C(C(=O)N3CCC(N)C(C)(C)C3)CCC(=O)N2C)cc1. The van der Waals surface area contributed by atoms with Crippen molar-refractivity contribution in [1.29, 1.82) is 0 Å². The quantitative estimate of drug-likeness (QED) is 0.881. The van der Waals surface area contributed by atoms with E-state index in [9.17, 15) is 9.59 Å². The molecule has 3 atom stereocenters. The lowest BCUT2D eigenvalue weighted by molar-refractivity contribution is -0.148. The molecular weight excluding hydrogens is 342 g/mol. The van der Waals surface area contributed by atoms with Crippen molar-refractivity contribution >= 4 is 11.8 Å². The Labute approximate surface area is 161 Å². The van der Waals surface area contributed by atoms with Gasteiger partial charge in [-0.25, -0.2) is 0 Å². The van der Waals surface area contributed by atoms with Gasteiger partial charge in [-0.05, 0) is 36.0 Å². The van der Waals surface area contributed by atoms with Crippen molar-refractivity contribution in [2.75, 3.05) is 27.2 Å². The average Bonchev–Trinajstić information content (AvgIpc) is 2.65. The number of nitrogens with zero attached hydrogens (tertiary/aromatic N) is 2. The van der Waals surface area contributed by atoms with Gasteiger partial charge >= 0.3 is 0 Å². The monoisotopic (exact) mass is 373 g/mol. The summed E-state index contributed by atoms with van der Waals surface area (Å²) in [7, 11) is 3.42. The highest BCUT2D eigenvalue weighted by atomic mass is 16.5. The molecule has 0 aliphatic carbocycles. The fourth-order valence-corrected chi connectivity index (χ4v) is 4.35. The van der Waals surface area contributed by atoms with Crippen LogP contribution in [-0.4, -0.2) is 54.9 Å². The van der Waals surface area contributed by atoms with E-state index in [4.69, 9.17) is 10.5 Å². The molecule has 1 aromatic rings. The summed E-state index contributed by atoms with van der Waals surface area (Å²) in [5.74, 6) is 0.750. The van der Waals surface area contributed by atoms with Gasteiger partial charge in [0, 0.05) is 32.6 Å². The highest BCUT2D eigenvalue weighted by Gasteiger charge is 2.43. The third-order valence-corrected chi connectivity index (χ3v) is 6.26. The molecule has 0 saturated carbocycles. The molecule has 2 amide bonds. The maximum atomic E-state index is 13.4. The minimum Gasteiger partial charge on any atom is -0.497 e. The van der Waals surface area contributed by atoms with E-state index in [1.54, 1.807) is 19.1 Å². The Kier molecular flexibility index (Phi) is 5.47. The number of hydrogen-bond acceptors (Lipinski definition) is 4. The van der Waals surface area contributed by atoms with Gasteiger partial charge in [-0.3, -0.25) is 9.59 Å². The molecule has 2 heterocycles. The first kappa shape index (κ1) is 19.7. The molecule has 2 aliphatic heterocycles. The summed E-state index contributed by atoms with van der Waals surface area (Å²) in [4.78, 5) is 29.5. The van der Waals surface area contributed by atoms with Crippen molar-refractivity contribution in [2.45, 2.75) is 45.2 Å². The second-order valence-electron chi connectivity index (χ2n) is 8.51. The van der Waals surface area contributed by atoms with Crippen LogP contribution in [0.25, 0.3) is 0 Å². The van der Waals surface area contributed by atoms with Crippen LogP contribution in [0.4, 0.5) is 0 Å². The first-order valence-corrected chi connectivity index (χ1v) is 9.68. The minimum atomic E-state index is -0.247. The number of piperidine rings is 2. The van der Waals surface area contributed by atoms with Gasteiger partial charge in [-0.1, -0.05) is 26.0 Å². The molecule has 2 saturated heterocycles. The number of methoxy groups -OCH3 is 1. The highest BCUT2D eigenvalue weighted by Crippen LogP contribution is 2.39. The van der Waals surface area contributed by atoms with Gasteiger partial charge in [0.25, 0.3) is 0 Å². The van der Waals surface area contributed by atoms with E-state index in [0.29, 0.717) is 25.9 Å². The predicted octanol–water partition coefficient (Wildman–Crippen LogP) is 2.19. The topological polar surface area (TPSA) is 75.9 Å². The van der Waals surface area contributed by atoms with Gasteiger partial charge in [-0.2, -0.15) is 0 Å². The number of nitrogens with two attached hydrogens (primary N) is 1. The number of benzene rings is 1. The Morgan fingerprint density at radius 2 is 1.89 bits per heavy atom. The van der Waals surface area contributed by atoms with Crippen molar-refractivity contribution in [3.8, 4) is 5.75 Å². The molecule has 0 aromatic heterocycles. The lowest BCUT2D eigenvalue weighted by atomic mass is 9.78. The van der Waals surface area contributed by atoms with Crippen LogP contribution in [0.3, 0.4) is 0 Å². The largest absolute Gasteiger partial charge is 0.497 e. The highest BCUT2D eigenvalue weighted by molar-refractivity contribution is 5.85. The summed E-state index contributed by atoms with van der Waals surface area (Å²) in [6.45, 7) is 5.59. The zero-order chi connectivity index (χ0) is 19.8. The third-order valence-electron chi connectivity index (χ3n) is 6.26. The molecule has 6 heteroatoms. The fourth-order valence-electron chi connectivity index (χ4n) is 4.35. The van der Waals surface area contributed by atoms with Crippen molar-refractivity contribution < 1.29 is 14.3 Å². The van der Waals surface area contributed by atoms with Gasteiger partial charge in [0.15, 0.2) is 0 Å². The molecule has 0 radical (unpaired) electrons. The normalized spacial score (nSPS) is 28.2. The lowest BCUT2D eigenvalue weighted by Crippen LogP contribution is -2.56. The summed E-state index contributed by atoms with van der Waals surface area (Å²) in [5.41, 5.74) is 7.11. The van der Waals surface area contributed by atoms with Gasteiger partial charge < -0.3 is 20.3 Å². The predicted molar refractivity (Wildman–Crippen MR) is 104 cm³/mol. The first-order valence-electron chi connectivity index (χ1n) is 9.68. The van der Waals surface area contributed by atoms with Crippen LogP contribution < -0.4 is 10.5 Å². The zero-order valence-corrected chi connectivity index (χ0v) is 16.8. The van der Waals surface area contributed by atoms with Crippen LogP contribution in [0, 0.1) is 11.3 Å². The summed E-state index contributed by atoms with van der Waals surface area (Å²) >= 11 is 0. The molecule has 0 spiro atoms. The standard InChI is InChI=1S/C21H31N3O3/c1-21(2)13-24(12-11-17(21)22)20(26)16-9-10-18(25)23(3)19(16)14-5-7-15(27-4)8-6-14/h5-8,16-17,19H,9-13,22H2,1-4H3. The smallest absolute Gasteiger partial charge is 0.228 e. The van der Waals surface area contributed by atoms with Gasteiger partial charge in [0.1, 0.15) is 5.75 Å². The van der Waals surface area contributed by atoms with Crippen LogP contribution in [0.15, 0.2) is 24.3 Å². The number of carbonyl (C=O) groups excluding carboxylic acids is 2. The molecule has 27 heavy (non-hydrogen) atoms. The fraction of sp³-hybridized carbons (Fsp3) is 0.619. The van der Waals surface area contributed by atoms with Gasteiger partial charge in [0.2, 0.25) is 11.8 Å². The number of likely N-dealkylation sites (tertiary alicyclic amines) is 2. The van der Waals surface area contributed by atoms with Crippen molar-refractivity contribution in [3.05, 3.63) is 29.8 Å². The molecule has 2 N–H and O–H groups in total. The maximum absolute atomic E-state index is 13.4. The van der Waals surface area contributed by atoms with E-state index in [1.807, 2.05) is 29.2 Å². The van der Waals surface area contributed by atoms with Crippen LogP contribution in [0.1, 0.15) is 44.7 Å². The number of ether oxygens (including phenoxy) is 1.